The van der Waals surface area contributed by atoms with Crippen LogP contribution in [0.15, 0.2) is 24.3 Å². The molecule has 0 aliphatic carbocycles. The highest BCUT2D eigenvalue weighted by atomic mass is 16.5. The zero-order valence-corrected chi connectivity index (χ0v) is 11.4. The molecule has 3 nitrogen and oxygen atoms in total. The third-order valence-electron chi connectivity index (χ3n) is 3.82. The van der Waals surface area contributed by atoms with E-state index in [1.54, 1.807) is 0 Å². The third kappa shape index (κ3) is 2.72. The predicted molar refractivity (Wildman–Crippen MR) is 71.5 cm³/mol. The molecule has 0 amide bonds. The molecule has 0 unspecified atom stereocenters. The number of methoxy groups -OCH3 is 1. The molecule has 1 aliphatic rings. The summed E-state index contributed by atoms with van der Waals surface area (Å²) in [7, 11) is 1.41. The molecular formula is C15H21NO2. The molecule has 0 bridgehead atoms. The minimum absolute atomic E-state index is 0.275. The molecule has 1 fully saturated rings. The van der Waals surface area contributed by atoms with Gasteiger partial charge < -0.3 is 4.74 Å². The maximum Gasteiger partial charge on any atom is 0.337 e. The Hall–Kier alpha value is -1.35. The summed E-state index contributed by atoms with van der Waals surface area (Å²) in [6, 6.07) is 7.70. The van der Waals surface area contributed by atoms with Crippen LogP contribution in [0.1, 0.15) is 42.6 Å². The van der Waals surface area contributed by atoms with Crippen molar-refractivity contribution in [3.8, 4) is 0 Å². The quantitative estimate of drug-likeness (QED) is 0.769. The lowest BCUT2D eigenvalue weighted by Crippen LogP contribution is -2.37. The number of hydrogen-bond donors (Lipinski definition) is 0. The molecule has 0 radical (unpaired) electrons. The Morgan fingerprint density at radius 1 is 1.33 bits per heavy atom. The van der Waals surface area contributed by atoms with Crippen LogP contribution in [0.4, 0.5) is 0 Å². The van der Waals surface area contributed by atoms with Gasteiger partial charge in [0.05, 0.1) is 12.7 Å². The summed E-state index contributed by atoms with van der Waals surface area (Å²) < 4.78 is 4.69. The highest BCUT2D eigenvalue weighted by Crippen LogP contribution is 2.29. The van der Waals surface area contributed by atoms with E-state index in [4.69, 9.17) is 4.74 Å². The first-order valence-electron chi connectivity index (χ1n) is 6.45. The second kappa shape index (κ2) is 5.11. The zero-order chi connectivity index (χ0) is 13.2. The monoisotopic (exact) mass is 247 g/mol. The molecule has 2 rings (SSSR count). The average Bonchev–Trinajstić information content (AvgIpc) is 2.69. The number of rotatable bonds is 3. The fourth-order valence-corrected chi connectivity index (χ4v) is 2.54. The van der Waals surface area contributed by atoms with Gasteiger partial charge in [-0.15, -0.1) is 0 Å². The molecule has 1 aromatic carbocycles. The SMILES string of the molecule is COC(=O)c1ccc(CN2CCCC2(C)C)cc1. The Kier molecular flexibility index (Phi) is 3.71. The summed E-state index contributed by atoms with van der Waals surface area (Å²) >= 11 is 0. The van der Waals surface area contributed by atoms with Gasteiger partial charge in [-0.2, -0.15) is 0 Å². The molecule has 0 saturated carbocycles. The lowest BCUT2D eigenvalue weighted by Gasteiger charge is -2.31. The molecule has 1 aromatic rings. The number of likely N-dealkylation sites (tertiary alicyclic amines) is 1. The molecule has 0 spiro atoms. The van der Waals surface area contributed by atoms with Crippen LogP contribution in [0.2, 0.25) is 0 Å². The van der Waals surface area contributed by atoms with Crippen LogP contribution in [-0.4, -0.2) is 30.1 Å². The molecule has 18 heavy (non-hydrogen) atoms. The van der Waals surface area contributed by atoms with Crippen molar-refractivity contribution in [3.63, 3.8) is 0 Å². The van der Waals surface area contributed by atoms with E-state index in [-0.39, 0.29) is 5.97 Å². The van der Waals surface area contributed by atoms with Gasteiger partial charge in [0.15, 0.2) is 0 Å². The average molecular weight is 247 g/mol. The van der Waals surface area contributed by atoms with Crippen LogP contribution >= 0.6 is 0 Å². The third-order valence-corrected chi connectivity index (χ3v) is 3.82. The van der Waals surface area contributed by atoms with Crippen molar-refractivity contribution in [2.75, 3.05) is 13.7 Å². The largest absolute Gasteiger partial charge is 0.465 e. The van der Waals surface area contributed by atoms with E-state index < -0.39 is 0 Å². The van der Waals surface area contributed by atoms with Crippen molar-refractivity contribution < 1.29 is 9.53 Å². The second-order valence-electron chi connectivity index (χ2n) is 5.53. The lowest BCUT2D eigenvalue weighted by atomic mass is 10.0. The van der Waals surface area contributed by atoms with Crippen LogP contribution in [-0.2, 0) is 11.3 Å². The molecule has 0 aromatic heterocycles. The molecule has 98 valence electrons. The van der Waals surface area contributed by atoms with Crippen LogP contribution in [0, 0.1) is 0 Å². The van der Waals surface area contributed by atoms with Crippen LogP contribution in [0.25, 0.3) is 0 Å². The van der Waals surface area contributed by atoms with Crippen LogP contribution in [0.3, 0.4) is 0 Å². The zero-order valence-electron chi connectivity index (χ0n) is 11.4. The fraction of sp³-hybridized carbons (Fsp3) is 0.533. The van der Waals surface area contributed by atoms with Gasteiger partial charge in [0, 0.05) is 12.1 Å². The smallest absolute Gasteiger partial charge is 0.337 e. The number of ether oxygens (including phenoxy) is 1. The number of hydrogen-bond acceptors (Lipinski definition) is 3. The molecule has 3 heteroatoms. The van der Waals surface area contributed by atoms with E-state index in [1.807, 2.05) is 24.3 Å². The van der Waals surface area contributed by atoms with Gasteiger partial charge in [0.2, 0.25) is 0 Å². The summed E-state index contributed by atoms with van der Waals surface area (Å²) in [6.45, 7) is 6.70. The Balaban J connectivity index is 2.04. The van der Waals surface area contributed by atoms with E-state index in [0.29, 0.717) is 11.1 Å². The van der Waals surface area contributed by atoms with E-state index in [0.717, 1.165) is 13.1 Å². The standard InChI is InChI=1S/C15H21NO2/c1-15(2)9-4-10-16(15)11-12-5-7-13(8-6-12)14(17)18-3/h5-8H,4,9-11H2,1-3H3. The van der Waals surface area contributed by atoms with Crippen molar-refractivity contribution in [3.05, 3.63) is 35.4 Å². The predicted octanol–water partition coefficient (Wildman–Crippen LogP) is 2.85. The van der Waals surface area contributed by atoms with Gasteiger partial charge >= 0.3 is 5.97 Å². The summed E-state index contributed by atoms with van der Waals surface area (Å²) in [5, 5.41) is 0. The summed E-state index contributed by atoms with van der Waals surface area (Å²) in [5.41, 5.74) is 2.15. The second-order valence-corrected chi connectivity index (χ2v) is 5.53. The minimum Gasteiger partial charge on any atom is -0.465 e. The fourth-order valence-electron chi connectivity index (χ4n) is 2.54. The first kappa shape index (κ1) is 13.1. The van der Waals surface area contributed by atoms with Crippen molar-refractivity contribution >= 4 is 5.97 Å². The summed E-state index contributed by atoms with van der Waals surface area (Å²) in [5.74, 6) is -0.275. The summed E-state index contributed by atoms with van der Waals surface area (Å²) in [6.07, 6.45) is 2.53. The van der Waals surface area contributed by atoms with E-state index in [1.165, 1.54) is 25.5 Å². The van der Waals surface area contributed by atoms with Gasteiger partial charge in [0.1, 0.15) is 0 Å². The number of benzene rings is 1. The summed E-state index contributed by atoms with van der Waals surface area (Å²) in [4.78, 5) is 13.8. The maximum atomic E-state index is 11.3. The van der Waals surface area contributed by atoms with E-state index in [9.17, 15) is 4.79 Å². The van der Waals surface area contributed by atoms with E-state index >= 15 is 0 Å². The van der Waals surface area contributed by atoms with E-state index in [2.05, 4.69) is 18.7 Å². The van der Waals surface area contributed by atoms with Crippen molar-refractivity contribution in [2.45, 2.75) is 38.8 Å². The molecule has 0 N–H and O–H groups in total. The molecule has 1 heterocycles. The molecule has 1 saturated heterocycles. The van der Waals surface area contributed by atoms with Crippen LogP contribution in [0.5, 0.6) is 0 Å². The highest BCUT2D eigenvalue weighted by Gasteiger charge is 2.31. The topological polar surface area (TPSA) is 29.5 Å². The first-order valence-corrected chi connectivity index (χ1v) is 6.45. The highest BCUT2D eigenvalue weighted by molar-refractivity contribution is 5.89. The lowest BCUT2D eigenvalue weighted by molar-refractivity contribution is 0.0600. The molecule has 1 aliphatic heterocycles. The van der Waals surface area contributed by atoms with Gasteiger partial charge in [0.25, 0.3) is 0 Å². The molecule has 0 atom stereocenters. The number of nitrogens with zero attached hydrogens (tertiary/aromatic N) is 1. The van der Waals surface area contributed by atoms with Gasteiger partial charge in [-0.3, -0.25) is 4.90 Å². The Bertz CT molecular complexity index is 423. The Labute approximate surface area is 109 Å². The van der Waals surface area contributed by atoms with Crippen molar-refractivity contribution in [2.24, 2.45) is 0 Å². The maximum absolute atomic E-state index is 11.3. The van der Waals surface area contributed by atoms with Gasteiger partial charge in [-0.25, -0.2) is 4.79 Å². The minimum atomic E-state index is -0.275. The number of carbonyl (C=O) groups is 1. The van der Waals surface area contributed by atoms with Crippen molar-refractivity contribution in [1.82, 2.24) is 4.90 Å². The Morgan fingerprint density at radius 3 is 2.50 bits per heavy atom. The first-order chi connectivity index (χ1) is 8.53. The van der Waals surface area contributed by atoms with Gasteiger partial charge in [-0.05, 0) is 50.9 Å². The number of esters is 1. The van der Waals surface area contributed by atoms with Crippen molar-refractivity contribution in [1.29, 1.82) is 0 Å². The van der Waals surface area contributed by atoms with Crippen LogP contribution < -0.4 is 0 Å². The number of carbonyl (C=O) groups excluding carboxylic acids is 1. The normalized spacial score (nSPS) is 18.8. The van der Waals surface area contributed by atoms with Gasteiger partial charge in [-0.1, -0.05) is 12.1 Å². The Morgan fingerprint density at radius 2 is 2.00 bits per heavy atom. The molecular weight excluding hydrogens is 226 g/mol.